The molecule has 2 aromatic heterocycles. The third kappa shape index (κ3) is 4.34. The summed E-state index contributed by atoms with van der Waals surface area (Å²) in [6.45, 7) is 0.499. The Labute approximate surface area is 172 Å². The minimum atomic E-state index is -2.63. The van der Waals surface area contributed by atoms with Crippen molar-refractivity contribution in [3.05, 3.63) is 53.9 Å². The number of alkyl halides is 2. The molecule has 1 aliphatic rings. The van der Waals surface area contributed by atoms with Gasteiger partial charge in [0.15, 0.2) is 5.65 Å². The molecule has 0 radical (unpaired) electrons. The van der Waals surface area contributed by atoms with E-state index in [9.17, 15) is 13.6 Å². The molecule has 2 N–H and O–H groups in total. The number of benzene rings is 1. The number of amides is 1. The highest BCUT2D eigenvalue weighted by Gasteiger charge is 2.35. The number of nitrogens with one attached hydrogen (secondary N) is 2. The topological polar surface area (TPSA) is 80.5 Å². The number of aromatic nitrogens is 3. The van der Waals surface area contributed by atoms with Crippen LogP contribution in [0.2, 0.25) is 0 Å². The van der Waals surface area contributed by atoms with Gasteiger partial charge in [0.1, 0.15) is 17.1 Å². The third-order valence-corrected chi connectivity index (χ3v) is 5.32. The summed E-state index contributed by atoms with van der Waals surface area (Å²) in [6.07, 6.45) is 3.27. The number of fused-ring (bicyclic) bond motifs is 1. The molecule has 1 saturated carbocycles. The monoisotopic (exact) mass is 415 g/mol. The average Bonchev–Trinajstić information content (AvgIpc) is 3.17. The molecule has 0 saturated heterocycles. The smallest absolute Gasteiger partial charge is 0.256 e. The Morgan fingerprint density at radius 1 is 1.27 bits per heavy atom. The summed E-state index contributed by atoms with van der Waals surface area (Å²) in [5.41, 5.74) is 1.69. The number of para-hydroxylation sites is 1. The van der Waals surface area contributed by atoms with Gasteiger partial charge in [0.25, 0.3) is 5.91 Å². The van der Waals surface area contributed by atoms with Crippen molar-refractivity contribution in [3.63, 3.8) is 0 Å². The highest BCUT2D eigenvalue weighted by Crippen LogP contribution is 2.33. The maximum absolute atomic E-state index is 13.3. The molecular weight excluding hydrogens is 392 g/mol. The molecule has 1 amide bonds. The number of carbonyl (C=O) groups excluding carboxylic acids is 1. The molecule has 0 atom stereocenters. The zero-order valence-corrected chi connectivity index (χ0v) is 16.6. The second-order valence-electron chi connectivity index (χ2n) is 7.41. The molecule has 0 bridgehead atoms. The first-order valence-corrected chi connectivity index (χ1v) is 9.84. The predicted molar refractivity (Wildman–Crippen MR) is 108 cm³/mol. The number of carbonyl (C=O) groups is 1. The molecule has 1 fully saturated rings. The normalized spacial score (nSPS) is 16.4. The van der Waals surface area contributed by atoms with Crippen LogP contribution in [0.25, 0.3) is 5.65 Å². The Kier molecular flexibility index (Phi) is 5.52. The van der Waals surface area contributed by atoms with E-state index >= 15 is 0 Å². The van der Waals surface area contributed by atoms with Crippen LogP contribution < -0.4 is 15.4 Å². The van der Waals surface area contributed by atoms with Gasteiger partial charge in [0, 0.05) is 37.2 Å². The summed E-state index contributed by atoms with van der Waals surface area (Å²) in [4.78, 5) is 17.2. The Morgan fingerprint density at radius 3 is 2.80 bits per heavy atom. The summed E-state index contributed by atoms with van der Waals surface area (Å²) < 4.78 is 33.5. The fraction of sp³-hybridized carbons (Fsp3) is 0.381. The summed E-state index contributed by atoms with van der Waals surface area (Å²) in [5.74, 6) is -1.63. The lowest BCUT2D eigenvalue weighted by atomic mass is 9.92. The Morgan fingerprint density at radius 2 is 2.03 bits per heavy atom. The van der Waals surface area contributed by atoms with E-state index in [1.807, 2.05) is 24.3 Å². The lowest BCUT2D eigenvalue weighted by Crippen LogP contribution is -2.40. The van der Waals surface area contributed by atoms with Crippen molar-refractivity contribution in [3.8, 4) is 5.75 Å². The number of halogens is 2. The molecule has 7 nitrogen and oxygen atoms in total. The maximum atomic E-state index is 13.3. The lowest BCUT2D eigenvalue weighted by molar-refractivity contribution is -0.0399. The molecule has 4 rings (SSSR count). The van der Waals surface area contributed by atoms with Gasteiger partial charge in [0.2, 0.25) is 5.92 Å². The lowest BCUT2D eigenvalue weighted by Gasteiger charge is -2.28. The van der Waals surface area contributed by atoms with Crippen LogP contribution in [0, 0.1) is 0 Å². The van der Waals surface area contributed by atoms with Crippen LogP contribution in [0.5, 0.6) is 5.75 Å². The fourth-order valence-corrected chi connectivity index (χ4v) is 3.61. The molecule has 0 unspecified atom stereocenters. The van der Waals surface area contributed by atoms with Gasteiger partial charge in [0.05, 0.1) is 13.3 Å². The highest BCUT2D eigenvalue weighted by atomic mass is 19.3. The van der Waals surface area contributed by atoms with Crippen molar-refractivity contribution >= 4 is 17.4 Å². The minimum Gasteiger partial charge on any atom is -0.496 e. The van der Waals surface area contributed by atoms with Crippen molar-refractivity contribution in [1.82, 2.24) is 19.9 Å². The van der Waals surface area contributed by atoms with Crippen LogP contribution in [0.4, 0.5) is 14.6 Å². The molecule has 2 heterocycles. The van der Waals surface area contributed by atoms with Crippen LogP contribution in [0.3, 0.4) is 0 Å². The molecule has 3 aromatic rings. The Balaban J connectivity index is 1.46. The molecule has 30 heavy (non-hydrogen) atoms. The van der Waals surface area contributed by atoms with Gasteiger partial charge in [-0.25, -0.2) is 18.3 Å². The van der Waals surface area contributed by atoms with E-state index in [1.54, 1.807) is 19.4 Å². The second-order valence-corrected chi connectivity index (χ2v) is 7.41. The Hall–Kier alpha value is -3.23. The summed E-state index contributed by atoms with van der Waals surface area (Å²) in [5, 5.41) is 10.2. The first kappa shape index (κ1) is 20.1. The van der Waals surface area contributed by atoms with Crippen molar-refractivity contribution in [2.24, 2.45) is 0 Å². The number of ether oxygens (including phenoxy) is 1. The van der Waals surface area contributed by atoms with Gasteiger partial charge in [-0.15, -0.1) is 0 Å². The van der Waals surface area contributed by atoms with Gasteiger partial charge in [-0.1, -0.05) is 18.2 Å². The molecule has 1 aliphatic carbocycles. The summed E-state index contributed by atoms with van der Waals surface area (Å²) in [6, 6.07) is 9.16. The van der Waals surface area contributed by atoms with Crippen LogP contribution in [0.1, 0.15) is 41.6 Å². The highest BCUT2D eigenvalue weighted by molar-refractivity contribution is 5.99. The molecule has 0 aliphatic heterocycles. The van der Waals surface area contributed by atoms with Crippen LogP contribution in [-0.2, 0) is 6.54 Å². The standard InChI is InChI=1S/C21H23F2N5O2/c1-30-17-5-3-2-4-14(17)12-24-18-8-11-28-19(27-18)16(13-25-28)20(29)26-15-6-9-21(22,23)10-7-15/h2-5,8,11,13,15H,6-7,9-10,12H2,1H3,(H,24,27)(H,26,29). The zero-order chi connectivity index (χ0) is 21.1. The van der Waals surface area contributed by atoms with E-state index in [-0.39, 0.29) is 37.6 Å². The summed E-state index contributed by atoms with van der Waals surface area (Å²) in [7, 11) is 1.62. The number of anilines is 1. The van der Waals surface area contributed by atoms with E-state index in [0.29, 0.717) is 23.6 Å². The molecule has 158 valence electrons. The maximum Gasteiger partial charge on any atom is 0.256 e. The molecule has 9 heteroatoms. The van der Waals surface area contributed by atoms with E-state index < -0.39 is 5.92 Å². The number of hydrogen-bond donors (Lipinski definition) is 2. The van der Waals surface area contributed by atoms with Gasteiger partial charge in [-0.05, 0) is 25.0 Å². The number of rotatable bonds is 6. The largest absolute Gasteiger partial charge is 0.496 e. The van der Waals surface area contributed by atoms with Gasteiger partial charge < -0.3 is 15.4 Å². The van der Waals surface area contributed by atoms with Crippen molar-refractivity contribution in [2.75, 3.05) is 12.4 Å². The first-order chi connectivity index (χ1) is 14.4. The van der Waals surface area contributed by atoms with E-state index in [1.165, 1.54) is 10.7 Å². The number of methoxy groups -OCH3 is 1. The molecule has 1 aromatic carbocycles. The van der Waals surface area contributed by atoms with Gasteiger partial charge >= 0.3 is 0 Å². The quantitative estimate of drug-likeness (QED) is 0.642. The van der Waals surface area contributed by atoms with Crippen molar-refractivity contribution < 1.29 is 18.3 Å². The van der Waals surface area contributed by atoms with Crippen LogP contribution in [0.15, 0.2) is 42.7 Å². The first-order valence-electron chi connectivity index (χ1n) is 9.84. The van der Waals surface area contributed by atoms with E-state index in [0.717, 1.165) is 11.3 Å². The minimum absolute atomic E-state index is 0.206. The average molecular weight is 415 g/mol. The third-order valence-electron chi connectivity index (χ3n) is 5.32. The van der Waals surface area contributed by atoms with E-state index in [4.69, 9.17) is 4.74 Å². The van der Waals surface area contributed by atoms with E-state index in [2.05, 4.69) is 20.7 Å². The van der Waals surface area contributed by atoms with Crippen LogP contribution in [-0.4, -0.2) is 39.6 Å². The fourth-order valence-electron chi connectivity index (χ4n) is 3.61. The van der Waals surface area contributed by atoms with Crippen molar-refractivity contribution in [2.45, 2.75) is 44.2 Å². The number of nitrogens with zero attached hydrogens (tertiary/aromatic N) is 3. The van der Waals surface area contributed by atoms with Gasteiger partial charge in [-0.2, -0.15) is 5.10 Å². The SMILES string of the molecule is COc1ccccc1CNc1ccn2ncc(C(=O)NC3CCC(F)(F)CC3)c2n1. The van der Waals surface area contributed by atoms with Crippen LogP contribution >= 0.6 is 0 Å². The Bertz CT molecular complexity index is 1040. The van der Waals surface area contributed by atoms with Crippen molar-refractivity contribution in [1.29, 1.82) is 0 Å². The second kappa shape index (κ2) is 8.25. The van der Waals surface area contributed by atoms with Gasteiger partial charge in [-0.3, -0.25) is 4.79 Å². The molecule has 0 spiro atoms. The number of hydrogen-bond acceptors (Lipinski definition) is 5. The summed E-state index contributed by atoms with van der Waals surface area (Å²) >= 11 is 0. The molecular formula is C21H23F2N5O2. The zero-order valence-electron chi connectivity index (χ0n) is 16.6. The predicted octanol–water partition coefficient (Wildman–Crippen LogP) is 3.66.